The molecule has 1 amide bonds. The van der Waals surface area contributed by atoms with Crippen molar-refractivity contribution in [3.8, 4) is 0 Å². The summed E-state index contributed by atoms with van der Waals surface area (Å²) in [6, 6.07) is 1.60. The lowest BCUT2D eigenvalue weighted by molar-refractivity contribution is -0.134. The Hall–Kier alpha value is -2.64. The molecule has 8 nitrogen and oxygen atoms in total. The van der Waals surface area contributed by atoms with Crippen LogP contribution in [0.1, 0.15) is 36.2 Å². The molecule has 0 spiro atoms. The first-order valence-electron chi connectivity index (χ1n) is 10.3. The molecule has 1 saturated heterocycles. The Morgan fingerprint density at radius 2 is 2.03 bits per heavy atom. The Morgan fingerprint density at radius 1 is 1.28 bits per heavy atom. The third-order valence-electron chi connectivity index (χ3n) is 6.04. The van der Waals surface area contributed by atoms with E-state index in [1.54, 1.807) is 19.3 Å². The predicted octanol–water partition coefficient (Wildman–Crippen LogP) is 1.44. The van der Waals surface area contributed by atoms with Crippen LogP contribution in [-0.2, 0) is 25.3 Å². The molecule has 8 heteroatoms. The topological polar surface area (TPSA) is 76.3 Å². The van der Waals surface area contributed by atoms with Crippen molar-refractivity contribution in [2.24, 2.45) is 20.0 Å². The van der Waals surface area contributed by atoms with Crippen molar-refractivity contribution in [1.29, 1.82) is 0 Å². The van der Waals surface area contributed by atoms with Gasteiger partial charge in [-0.1, -0.05) is 0 Å². The highest BCUT2D eigenvalue weighted by atomic mass is 16.2. The molecule has 3 heterocycles. The summed E-state index contributed by atoms with van der Waals surface area (Å²) in [4.78, 5) is 28.8. The lowest BCUT2D eigenvalue weighted by Crippen LogP contribution is -2.44. The van der Waals surface area contributed by atoms with Gasteiger partial charge in [0, 0.05) is 52.5 Å². The van der Waals surface area contributed by atoms with Gasteiger partial charge in [0.1, 0.15) is 0 Å². The number of aryl methyl sites for hydroxylation is 3. The molecule has 1 aliphatic rings. The predicted molar refractivity (Wildman–Crippen MR) is 113 cm³/mol. The first-order valence-corrected chi connectivity index (χ1v) is 10.3. The Balaban J connectivity index is 1.56. The van der Waals surface area contributed by atoms with Crippen LogP contribution in [0.3, 0.4) is 0 Å². The first kappa shape index (κ1) is 21.1. The van der Waals surface area contributed by atoms with Crippen molar-refractivity contribution in [2.75, 3.05) is 31.6 Å². The summed E-state index contributed by atoms with van der Waals surface area (Å²) in [5.74, 6) is 0.144. The molecule has 0 saturated carbocycles. The molecule has 0 bridgehead atoms. The van der Waals surface area contributed by atoms with Crippen molar-refractivity contribution in [3.63, 3.8) is 0 Å². The summed E-state index contributed by atoms with van der Waals surface area (Å²) >= 11 is 0. The van der Waals surface area contributed by atoms with E-state index in [9.17, 15) is 9.59 Å². The normalized spacial score (nSPS) is 16.9. The molecule has 2 aromatic rings. The molecular formula is C21H32N6O2. The fraction of sp³-hybridized carbons (Fsp3) is 0.619. The standard InChI is InChI=1S/C21H32N6O2/c1-15-19(16(2)25(4)23-15)9-7-10-24(3)21(29)17-8-6-11-27(14-17)18-12-20(28)26(5)22-13-18/h12-13,17H,6-11,14H2,1-5H3. The van der Waals surface area contributed by atoms with E-state index in [4.69, 9.17) is 0 Å². The van der Waals surface area contributed by atoms with Crippen molar-refractivity contribution >= 4 is 11.6 Å². The summed E-state index contributed by atoms with van der Waals surface area (Å²) in [7, 11) is 5.50. The average molecular weight is 401 g/mol. The molecule has 3 rings (SSSR count). The van der Waals surface area contributed by atoms with E-state index in [1.807, 2.05) is 30.6 Å². The minimum Gasteiger partial charge on any atom is -0.369 e. The van der Waals surface area contributed by atoms with Crippen molar-refractivity contribution in [1.82, 2.24) is 24.5 Å². The number of carbonyl (C=O) groups excluding carboxylic acids is 1. The SMILES string of the molecule is Cc1nn(C)c(C)c1CCCN(C)C(=O)C1CCCN(c2cnn(C)c(=O)c2)C1. The van der Waals surface area contributed by atoms with E-state index < -0.39 is 0 Å². The first-order chi connectivity index (χ1) is 13.8. The second-order valence-corrected chi connectivity index (χ2v) is 8.10. The fourth-order valence-corrected chi connectivity index (χ4v) is 4.14. The van der Waals surface area contributed by atoms with Gasteiger partial charge in [0.25, 0.3) is 5.56 Å². The van der Waals surface area contributed by atoms with Gasteiger partial charge in [-0.3, -0.25) is 14.3 Å². The number of hydrogen-bond acceptors (Lipinski definition) is 5. The Kier molecular flexibility index (Phi) is 6.39. The van der Waals surface area contributed by atoms with E-state index in [0.29, 0.717) is 6.54 Å². The molecule has 0 N–H and O–H groups in total. The lowest BCUT2D eigenvalue weighted by atomic mass is 9.96. The van der Waals surface area contributed by atoms with Crippen LogP contribution in [0.4, 0.5) is 5.69 Å². The minimum absolute atomic E-state index is 0.0420. The van der Waals surface area contributed by atoms with Crippen LogP contribution in [0.5, 0.6) is 0 Å². The van der Waals surface area contributed by atoms with Crippen molar-refractivity contribution in [3.05, 3.63) is 39.6 Å². The monoisotopic (exact) mass is 400 g/mol. The molecule has 0 aliphatic carbocycles. The molecule has 2 aromatic heterocycles. The van der Waals surface area contributed by atoms with Crippen LogP contribution in [0.2, 0.25) is 0 Å². The second kappa shape index (κ2) is 8.80. The van der Waals surface area contributed by atoms with Gasteiger partial charge in [0.15, 0.2) is 0 Å². The average Bonchev–Trinajstić information content (AvgIpc) is 2.95. The highest BCUT2D eigenvalue weighted by Gasteiger charge is 2.28. The Bertz CT molecular complexity index is 932. The van der Waals surface area contributed by atoms with Crippen LogP contribution >= 0.6 is 0 Å². The third kappa shape index (κ3) is 4.68. The molecule has 1 unspecified atom stereocenters. The van der Waals surface area contributed by atoms with E-state index >= 15 is 0 Å². The van der Waals surface area contributed by atoms with Gasteiger partial charge < -0.3 is 9.80 Å². The second-order valence-electron chi connectivity index (χ2n) is 8.10. The zero-order valence-corrected chi connectivity index (χ0v) is 18.2. The largest absolute Gasteiger partial charge is 0.369 e. The molecular weight excluding hydrogens is 368 g/mol. The number of aromatic nitrogens is 4. The number of nitrogens with zero attached hydrogens (tertiary/aromatic N) is 6. The highest BCUT2D eigenvalue weighted by molar-refractivity contribution is 5.79. The van der Waals surface area contributed by atoms with Gasteiger partial charge in [-0.2, -0.15) is 10.2 Å². The van der Waals surface area contributed by atoms with E-state index in [0.717, 1.165) is 50.2 Å². The lowest BCUT2D eigenvalue weighted by Gasteiger charge is -2.35. The van der Waals surface area contributed by atoms with Crippen molar-refractivity contribution < 1.29 is 4.79 Å². The number of carbonyl (C=O) groups is 1. The zero-order valence-electron chi connectivity index (χ0n) is 18.2. The number of amides is 1. The van der Waals surface area contributed by atoms with Gasteiger partial charge in [0.05, 0.1) is 23.5 Å². The summed E-state index contributed by atoms with van der Waals surface area (Å²) in [6.45, 7) is 6.35. The smallest absolute Gasteiger partial charge is 0.268 e. The molecule has 1 aliphatic heterocycles. The fourth-order valence-electron chi connectivity index (χ4n) is 4.14. The van der Waals surface area contributed by atoms with Gasteiger partial charge in [-0.15, -0.1) is 0 Å². The highest BCUT2D eigenvalue weighted by Crippen LogP contribution is 2.23. The Labute approximate surface area is 172 Å². The third-order valence-corrected chi connectivity index (χ3v) is 6.04. The number of hydrogen-bond donors (Lipinski definition) is 0. The molecule has 0 aromatic carbocycles. The molecule has 29 heavy (non-hydrogen) atoms. The Morgan fingerprint density at radius 3 is 2.69 bits per heavy atom. The van der Waals surface area contributed by atoms with Crippen LogP contribution in [-0.4, -0.2) is 57.1 Å². The van der Waals surface area contributed by atoms with Crippen molar-refractivity contribution in [2.45, 2.75) is 39.5 Å². The zero-order chi connectivity index (χ0) is 21.1. The van der Waals surface area contributed by atoms with E-state index in [2.05, 4.69) is 22.0 Å². The molecule has 1 atom stereocenters. The van der Waals surface area contributed by atoms with Gasteiger partial charge >= 0.3 is 0 Å². The summed E-state index contributed by atoms with van der Waals surface area (Å²) in [5, 5.41) is 8.57. The number of piperidine rings is 1. The number of rotatable bonds is 6. The number of anilines is 1. The van der Waals surface area contributed by atoms with Gasteiger partial charge in [-0.05, 0) is 45.1 Å². The molecule has 0 radical (unpaired) electrons. The van der Waals surface area contributed by atoms with E-state index in [1.165, 1.54) is 15.9 Å². The maximum absolute atomic E-state index is 13.0. The molecule has 158 valence electrons. The van der Waals surface area contributed by atoms with Crippen LogP contribution < -0.4 is 10.5 Å². The van der Waals surface area contributed by atoms with Crippen LogP contribution in [0, 0.1) is 19.8 Å². The van der Waals surface area contributed by atoms with Gasteiger partial charge in [0.2, 0.25) is 5.91 Å². The quantitative estimate of drug-likeness (QED) is 0.733. The maximum atomic E-state index is 13.0. The molecule has 1 fully saturated rings. The van der Waals surface area contributed by atoms with Crippen LogP contribution in [0.15, 0.2) is 17.1 Å². The summed E-state index contributed by atoms with van der Waals surface area (Å²) < 4.78 is 3.23. The van der Waals surface area contributed by atoms with E-state index in [-0.39, 0.29) is 17.4 Å². The maximum Gasteiger partial charge on any atom is 0.268 e. The van der Waals surface area contributed by atoms with Gasteiger partial charge in [-0.25, -0.2) is 4.68 Å². The minimum atomic E-state index is -0.131. The summed E-state index contributed by atoms with van der Waals surface area (Å²) in [6.07, 6.45) is 5.38. The summed E-state index contributed by atoms with van der Waals surface area (Å²) in [5.41, 5.74) is 4.23. The van der Waals surface area contributed by atoms with Crippen LogP contribution in [0.25, 0.3) is 0 Å².